The molecule has 98 valence electrons. The van der Waals surface area contributed by atoms with Crippen molar-refractivity contribution >= 4 is 15.7 Å². The van der Waals surface area contributed by atoms with Crippen LogP contribution in [-0.4, -0.2) is 32.8 Å². The highest BCUT2D eigenvalue weighted by Gasteiger charge is 2.40. The van der Waals surface area contributed by atoms with Gasteiger partial charge >= 0.3 is 0 Å². The van der Waals surface area contributed by atoms with Crippen LogP contribution in [0.3, 0.4) is 0 Å². The average Bonchev–Trinajstić information content (AvgIpc) is 2.95. The van der Waals surface area contributed by atoms with E-state index >= 15 is 0 Å². The van der Waals surface area contributed by atoms with Gasteiger partial charge in [-0.15, -0.1) is 0 Å². The molecular formula is C12H17N3O2S. The van der Waals surface area contributed by atoms with Crippen molar-refractivity contribution in [1.82, 2.24) is 10.9 Å². The van der Waals surface area contributed by atoms with Crippen LogP contribution in [0.25, 0.3) is 0 Å². The Hall–Kier alpha value is -1.11. The Morgan fingerprint density at radius 2 is 2.11 bits per heavy atom. The second kappa shape index (κ2) is 4.22. The molecule has 2 N–H and O–H groups in total. The van der Waals surface area contributed by atoms with Crippen molar-refractivity contribution in [3.8, 4) is 0 Å². The monoisotopic (exact) mass is 267 g/mol. The Morgan fingerprint density at radius 3 is 2.83 bits per heavy atom. The molecule has 0 aromatic heterocycles. The van der Waals surface area contributed by atoms with Crippen molar-refractivity contribution in [2.75, 3.05) is 17.4 Å². The molecule has 0 amide bonds. The first-order valence-corrected chi connectivity index (χ1v) is 7.69. The van der Waals surface area contributed by atoms with E-state index in [0.29, 0.717) is 13.1 Å². The van der Waals surface area contributed by atoms with E-state index in [1.54, 1.807) is 4.31 Å². The molecule has 6 heteroatoms. The zero-order valence-corrected chi connectivity index (χ0v) is 11.1. The van der Waals surface area contributed by atoms with E-state index in [9.17, 15) is 8.42 Å². The summed E-state index contributed by atoms with van der Waals surface area (Å²) in [5.74, 6) is 0. The summed E-state index contributed by atoms with van der Waals surface area (Å²) >= 11 is 0. The van der Waals surface area contributed by atoms with Crippen molar-refractivity contribution in [2.45, 2.75) is 24.6 Å². The van der Waals surface area contributed by atoms with Gasteiger partial charge in [-0.05, 0) is 25.0 Å². The maximum atomic E-state index is 12.7. The van der Waals surface area contributed by atoms with Gasteiger partial charge in [0.2, 0.25) is 10.0 Å². The SMILES string of the molecule is CC1NNCC1S(=O)(=O)N1CCc2ccccc21. The number of nitrogens with zero attached hydrogens (tertiary/aromatic N) is 1. The van der Waals surface area contributed by atoms with E-state index in [1.165, 1.54) is 0 Å². The van der Waals surface area contributed by atoms with E-state index in [-0.39, 0.29) is 6.04 Å². The lowest BCUT2D eigenvalue weighted by molar-refractivity contribution is 0.558. The van der Waals surface area contributed by atoms with Crippen LogP contribution in [0.4, 0.5) is 5.69 Å². The number of rotatable bonds is 2. The zero-order valence-electron chi connectivity index (χ0n) is 10.3. The van der Waals surface area contributed by atoms with E-state index in [4.69, 9.17) is 0 Å². The van der Waals surface area contributed by atoms with Gasteiger partial charge in [0.1, 0.15) is 5.25 Å². The molecule has 5 nitrogen and oxygen atoms in total. The minimum absolute atomic E-state index is 0.0669. The Balaban J connectivity index is 1.97. The number of sulfonamides is 1. The molecule has 0 radical (unpaired) electrons. The van der Waals surface area contributed by atoms with E-state index in [1.807, 2.05) is 31.2 Å². The van der Waals surface area contributed by atoms with Gasteiger partial charge in [0.25, 0.3) is 0 Å². The normalized spacial score (nSPS) is 27.5. The molecule has 2 aliphatic rings. The molecule has 0 aliphatic carbocycles. The number of hydrogen-bond acceptors (Lipinski definition) is 4. The third-order valence-electron chi connectivity index (χ3n) is 3.72. The average molecular weight is 267 g/mol. The van der Waals surface area contributed by atoms with Crippen LogP contribution in [0.5, 0.6) is 0 Å². The van der Waals surface area contributed by atoms with Crippen molar-refractivity contribution in [3.05, 3.63) is 29.8 Å². The molecule has 18 heavy (non-hydrogen) atoms. The summed E-state index contributed by atoms with van der Waals surface area (Å²) in [5, 5.41) is -0.399. The number of nitrogens with one attached hydrogen (secondary N) is 2. The van der Waals surface area contributed by atoms with Crippen LogP contribution in [0.2, 0.25) is 0 Å². The lowest BCUT2D eigenvalue weighted by Crippen LogP contribution is -2.44. The molecule has 2 unspecified atom stereocenters. The second-order valence-corrected chi connectivity index (χ2v) is 6.92. The number of anilines is 1. The zero-order chi connectivity index (χ0) is 12.8. The minimum atomic E-state index is -3.29. The van der Waals surface area contributed by atoms with Gasteiger partial charge in [0.05, 0.1) is 5.69 Å². The predicted molar refractivity (Wildman–Crippen MR) is 70.8 cm³/mol. The van der Waals surface area contributed by atoms with Crippen LogP contribution in [0, 0.1) is 0 Å². The number of fused-ring (bicyclic) bond motifs is 1. The topological polar surface area (TPSA) is 61.4 Å². The summed E-state index contributed by atoms with van der Waals surface area (Å²) in [6, 6.07) is 7.67. The molecule has 1 saturated heterocycles. The first-order valence-electron chi connectivity index (χ1n) is 6.18. The van der Waals surface area contributed by atoms with Gasteiger partial charge in [-0.3, -0.25) is 15.2 Å². The maximum Gasteiger partial charge on any atom is 0.240 e. The molecule has 1 fully saturated rings. The van der Waals surface area contributed by atoms with Gasteiger partial charge in [-0.1, -0.05) is 18.2 Å². The first-order chi connectivity index (χ1) is 8.60. The Bertz CT molecular complexity index is 558. The van der Waals surface area contributed by atoms with E-state index < -0.39 is 15.3 Å². The highest BCUT2D eigenvalue weighted by molar-refractivity contribution is 7.93. The maximum absolute atomic E-state index is 12.7. The van der Waals surface area contributed by atoms with E-state index in [0.717, 1.165) is 17.7 Å². The number of hydrogen-bond donors (Lipinski definition) is 2. The highest BCUT2D eigenvalue weighted by atomic mass is 32.2. The largest absolute Gasteiger partial charge is 0.269 e. The van der Waals surface area contributed by atoms with Gasteiger partial charge in [0.15, 0.2) is 0 Å². The second-order valence-electron chi connectivity index (χ2n) is 4.85. The third-order valence-corrected chi connectivity index (χ3v) is 6.06. The number of para-hydroxylation sites is 1. The summed E-state index contributed by atoms with van der Waals surface area (Å²) in [6.07, 6.45) is 0.803. The first kappa shape index (κ1) is 12.0. The Morgan fingerprint density at radius 1 is 1.33 bits per heavy atom. The van der Waals surface area contributed by atoms with Crippen molar-refractivity contribution in [1.29, 1.82) is 0 Å². The molecule has 0 saturated carbocycles. The van der Waals surface area contributed by atoms with Crippen LogP contribution in [0.1, 0.15) is 12.5 Å². The molecule has 2 heterocycles. The van der Waals surface area contributed by atoms with Crippen molar-refractivity contribution < 1.29 is 8.42 Å². The van der Waals surface area contributed by atoms with Gasteiger partial charge in [-0.25, -0.2) is 8.42 Å². The third kappa shape index (κ3) is 1.72. The lowest BCUT2D eigenvalue weighted by Gasteiger charge is -2.25. The standard InChI is InChI=1S/C12H17N3O2S/c1-9-12(8-13-14-9)18(16,17)15-7-6-10-4-2-3-5-11(10)15/h2-5,9,12-14H,6-8H2,1H3. The fraction of sp³-hybridized carbons (Fsp3) is 0.500. The van der Waals surface area contributed by atoms with Gasteiger partial charge < -0.3 is 0 Å². The van der Waals surface area contributed by atoms with Crippen molar-refractivity contribution in [2.24, 2.45) is 0 Å². The molecule has 0 spiro atoms. The summed E-state index contributed by atoms with van der Waals surface area (Å²) in [5.41, 5.74) is 7.85. The number of hydrazine groups is 1. The molecule has 1 aromatic carbocycles. The molecular weight excluding hydrogens is 250 g/mol. The molecule has 1 aromatic rings. The fourth-order valence-corrected chi connectivity index (χ4v) is 4.69. The molecule has 2 atom stereocenters. The predicted octanol–water partition coefficient (Wildman–Crippen LogP) is 0.244. The van der Waals surface area contributed by atoms with Crippen LogP contribution in [0.15, 0.2) is 24.3 Å². The Labute approximate surface area is 107 Å². The molecule has 0 bridgehead atoms. The van der Waals surface area contributed by atoms with Crippen LogP contribution in [-0.2, 0) is 16.4 Å². The Kier molecular flexibility index (Phi) is 2.80. The minimum Gasteiger partial charge on any atom is -0.269 e. The van der Waals surface area contributed by atoms with Crippen LogP contribution >= 0.6 is 0 Å². The summed E-state index contributed by atoms with van der Waals surface area (Å²) < 4.78 is 26.9. The van der Waals surface area contributed by atoms with Crippen LogP contribution < -0.4 is 15.2 Å². The molecule has 2 aliphatic heterocycles. The van der Waals surface area contributed by atoms with Crippen molar-refractivity contribution in [3.63, 3.8) is 0 Å². The summed E-state index contributed by atoms with van der Waals surface area (Å²) in [4.78, 5) is 0. The van der Waals surface area contributed by atoms with E-state index in [2.05, 4.69) is 10.9 Å². The smallest absolute Gasteiger partial charge is 0.240 e. The lowest BCUT2D eigenvalue weighted by atomic mass is 10.2. The fourth-order valence-electron chi connectivity index (χ4n) is 2.69. The van der Waals surface area contributed by atoms with Gasteiger partial charge in [0, 0.05) is 19.1 Å². The summed E-state index contributed by atoms with van der Waals surface area (Å²) in [6.45, 7) is 2.91. The van der Waals surface area contributed by atoms with Gasteiger partial charge in [-0.2, -0.15) is 0 Å². The quantitative estimate of drug-likeness (QED) is 0.806. The number of benzene rings is 1. The molecule has 3 rings (SSSR count). The highest BCUT2D eigenvalue weighted by Crippen LogP contribution is 2.32. The summed E-state index contributed by atoms with van der Waals surface area (Å²) in [7, 11) is -3.29.